The van der Waals surface area contributed by atoms with Gasteiger partial charge in [0.1, 0.15) is 5.82 Å². The second-order valence-corrected chi connectivity index (χ2v) is 7.37. The largest absolute Gasteiger partial charge is 0.365 e. The number of nitrogens with one attached hydrogen (secondary N) is 2. The van der Waals surface area contributed by atoms with Gasteiger partial charge < -0.3 is 21.1 Å². The number of hydrogen-bond donors (Lipinski definition) is 3. The molecule has 1 aromatic rings. The summed E-state index contributed by atoms with van der Waals surface area (Å²) in [6.07, 6.45) is 6.68. The number of anilines is 2. The number of rotatable bonds is 7. The Balaban J connectivity index is 1.64. The number of amides is 1. The standard InChI is InChI=1S/C17H25F2N5O2/c1-17(7-2-8-17)24-14-12(13(20)25)9-21-16(23-14)22-10-3-5-11(6-4-10)26-15(18)19/h9-11,15H,2-8H2,1H3,(H2,20,25)(H2,21,22,23,24)/t10-,11-. The van der Waals surface area contributed by atoms with E-state index in [9.17, 15) is 13.6 Å². The monoisotopic (exact) mass is 369 g/mol. The Morgan fingerprint density at radius 3 is 2.58 bits per heavy atom. The summed E-state index contributed by atoms with van der Waals surface area (Å²) >= 11 is 0. The third kappa shape index (κ3) is 4.57. The minimum absolute atomic E-state index is 0.0825. The first-order valence-corrected chi connectivity index (χ1v) is 9.00. The van der Waals surface area contributed by atoms with Crippen LogP contribution < -0.4 is 16.4 Å². The van der Waals surface area contributed by atoms with Gasteiger partial charge in [0.05, 0.1) is 11.7 Å². The number of alkyl halides is 2. The summed E-state index contributed by atoms with van der Waals surface area (Å²) in [5.74, 6) is 0.261. The van der Waals surface area contributed by atoms with Crippen LogP contribution in [0.2, 0.25) is 0 Å². The summed E-state index contributed by atoms with van der Waals surface area (Å²) in [5.41, 5.74) is 5.61. The molecule has 2 aliphatic rings. The van der Waals surface area contributed by atoms with Crippen molar-refractivity contribution in [3.63, 3.8) is 0 Å². The van der Waals surface area contributed by atoms with E-state index in [0.29, 0.717) is 37.4 Å². The van der Waals surface area contributed by atoms with Gasteiger partial charge in [-0.05, 0) is 51.9 Å². The highest BCUT2D eigenvalue weighted by atomic mass is 19.3. The maximum atomic E-state index is 12.3. The van der Waals surface area contributed by atoms with E-state index in [4.69, 9.17) is 5.73 Å². The zero-order valence-corrected chi connectivity index (χ0v) is 14.8. The molecule has 144 valence electrons. The van der Waals surface area contributed by atoms with Crippen LogP contribution in [0.4, 0.5) is 20.5 Å². The fraction of sp³-hybridized carbons (Fsp3) is 0.706. The molecule has 0 unspecified atom stereocenters. The molecule has 2 saturated carbocycles. The van der Waals surface area contributed by atoms with Crippen molar-refractivity contribution in [3.05, 3.63) is 11.8 Å². The van der Waals surface area contributed by atoms with Crippen LogP contribution in [0.25, 0.3) is 0 Å². The molecule has 1 heterocycles. The van der Waals surface area contributed by atoms with Crippen molar-refractivity contribution in [1.82, 2.24) is 9.97 Å². The van der Waals surface area contributed by atoms with Gasteiger partial charge >= 0.3 is 6.61 Å². The first-order chi connectivity index (χ1) is 12.3. The van der Waals surface area contributed by atoms with Gasteiger partial charge in [-0.2, -0.15) is 13.8 Å². The Bertz CT molecular complexity index is 646. The molecule has 26 heavy (non-hydrogen) atoms. The Hall–Kier alpha value is -2.03. The number of carbonyl (C=O) groups is 1. The lowest BCUT2D eigenvalue weighted by molar-refractivity contribution is -0.169. The number of primary amides is 1. The van der Waals surface area contributed by atoms with E-state index in [1.54, 1.807) is 0 Å². The normalized spacial score (nSPS) is 24.8. The molecule has 0 atom stereocenters. The molecule has 0 bridgehead atoms. The summed E-state index contributed by atoms with van der Waals surface area (Å²) in [6.45, 7) is -0.642. The van der Waals surface area contributed by atoms with E-state index in [1.165, 1.54) is 6.20 Å². The van der Waals surface area contributed by atoms with Crippen LogP contribution in [0.15, 0.2) is 6.20 Å². The maximum absolute atomic E-state index is 12.3. The van der Waals surface area contributed by atoms with Crippen LogP contribution in [-0.4, -0.2) is 40.2 Å². The number of nitrogens with two attached hydrogens (primary N) is 1. The van der Waals surface area contributed by atoms with Gasteiger partial charge in [-0.15, -0.1) is 0 Å². The molecule has 0 aromatic carbocycles. The summed E-state index contributed by atoms with van der Waals surface area (Å²) < 4.78 is 29.1. The maximum Gasteiger partial charge on any atom is 0.345 e. The zero-order chi connectivity index (χ0) is 18.7. The van der Waals surface area contributed by atoms with Crippen LogP contribution in [-0.2, 0) is 4.74 Å². The second-order valence-electron chi connectivity index (χ2n) is 7.37. The Kier molecular flexibility index (Phi) is 5.55. The minimum Gasteiger partial charge on any atom is -0.365 e. The van der Waals surface area contributed by atoms with Crippen molar-refractivity contribution < 1.29 is 18.3 Å². The van der Waals surface area contributed by atoms with Gasteiger partial charge in [0.2, 0.25) is 5.95 Å². The molecule has 0 aliphatic heterocycles. The molecule has 2 fully saturated rings. The molecular formula is C17H25F2N5O2. The molecule has 1 aromatic heterocycles. The molecule has 7 nitrogen and oxygen atoms in total. The van der Waals surface area contributed by atoms with Crippen molar-refractivity contribution in [1.29, 1.82) is 0 Å². The van der Waals surface area contributed by atoms with Crippen molar-refractivity contribution in [3.8, 4) is 0 Å². The average molecular weight is 369 g/mol. The van der Waals surface area contributed by atoms with E-state index in [2.05, 4.69) is 32.3 Å². The number of aromatic nitrogens is 2. The Labute approximate surface area is 151 Å². The summed E-state index contributed by atoms with van der Waals surface area (Å²) in [7, 11) is 0. The van der Waals surface area contributed by atoms with E-state index in [0.717, 1.165) is 19.3 Å². The molecule has 0 spiro atoms. The first-order valence-electron chi connectivity index (χ1n) is 9.00. The fourth-order valence-electron chi connectivity index (χ4n) is 3.52. The van der Waals surface area contributed by atoms with E-state index >= 15 is 0 Å². The smallest absolute Gasteiger partial charge is 0.345 e. The highest BCUT2D eigenvalue weighted by molar-refractivity contribution is 5.97. The van der Waals surface area contributed by atoms with Gasteiger partial charge in [0.25, 0.3) is 5.91 Å². The van der Waals surface area contributed by atoms with E-state index in [1.807, 2.05) is 0 Å². The lowest BCUT2D eigenvalue weighted by Crippen LogP contribution is -2.42. The predicted octanol–water partition coefficient (Wildman–Crippen LogP) is 2.89. The van der Waals surface area contributed by atoms with Crippen molar-refractivity contribution in [2.45, 2.75) is 76.2 Å². The predicted molar refractivity (Wildman–Crippen MR) is 93.2 cm³/mol. The topological polar surface area (TPSA) is 102 Å². The van der Waals surface area contributed by atoms with Crippen LogP contribution in [0.3, 0.4) is 0 Å². The minimum atomic E-state index is -2.73. The highest BCUT2D eigenvalue weighted by Gasteiger charge is 2.33. The fourth-order valence-corrected chi connectivity index (χ4v) is 3.52. The van der Waals surface area contributed by atoms with Gasteiger partial charge in [-0.1, -0.05) is 0 Å². The molecule has 1 amide bonds. The summed E-state index contributed by atoms with van der Waals surface area (Å²) in [6, 6.07) is 0.0825. The summed E-state index contributed by atoms with van der Waals surface area (Å²) in [4.78, 5) is 20.3. The lowest BCUT2D eigenvalue weighted by atomic mass is 9.78. The van der Waals surface area contributed by atoms with Gasteiger partial charge in [-0.25, -0.2) is 4.98 Å². The quantitative estimate of drug-likeness (QED) is 0.683. The van der Waals surface area contributed by atoms with E-state index in [-0.39, 0.29) is 17.1 Å². The van der Waals surface area contributed by atoms with Crippen molar-refractivity contribution in [2.24, 2.45) is 5.73 Å². The van der Waals surface area contributed by atoms with Gasteiger partial charge in [0, 0.05) is 17.8 Å². The Morgan fingerprint density at radius 1 is 1.35 bits per heavy atom. The molecule has 2 aliphatic carbocycles. The third-order valence-corrected chi connectivity index (χ3v) is 5.23. The number of hydrogen-bond acceptors (Lipinski definition) is 6. The lowest BCUT2D eigenvalue weighted by Gasteiger charge is -2.40. The van der Waals surface area contributed by atoms with E-state index < -0.39 is 18.6 Å². The number of halogens is 2. The highest BCUT2D eigenvalue weighted by Crippen LogP contribution is 2.35. The second kappa shape index (κ2) is 7.69. The molecule has 0 saturated heterocycles. The number of ether oxygens (including phenoxy) is 1. The number of nitrogens with zero attached hydrogens (tertiary/aromatic N) is 2. The average Bonchev–Trinajstić information content (AvgIpc) is 2.55. The summed E-state index contributed by atoms with van der Waals surface area (Å²) in [5, 5.41) is 6.54. The first kappa shape index (κ1) is 18.8. The number of carbonyl (C=O) groups excluding carboxylic acids is 1. The van der Waals surface area contributed by atoms with Crippen molar-refractivity contribution >= 4 is 17.7 Å². The molecule has 3 rings (SSSR count). The third-order valence-electron chi connectivity index (χ3n) is 5.23. The Morgan fingerprint density at radius 2 is 2.04 bits per heavy atom. The molecule has 0 radical (unpaired) electrons. The van der Waals surface area contributed by atoms with Gasteiger partial charge in [0.15, 0.2) is 0 Å². The van der Waals surface area contributed by atoms with Crippen LogP contribution >= 0.6 is 0 Å². The molecule has 9 heteroatoms. The SMILES string of the molecule is CC1(Nc2nc(N[C@H]3CC[C@H](OC(F)F)CC3)ncc2C(N)=O)CCC1. The molecular weight excluding hydrogens is 344 g/mol. The van der Waals surface area contributed by atoms with Crippen LogP contribution in [0, 0.1) is 0 Å². The van der Waals surface area contributed by atoms with Crippen LogP contribution in [0.5, 0.6) is 0 Å². The van der Waals surface area contributed by atoms with Gasteiger partial charge in [-0.3, -0.25) is 4.79 Å². The molecule has 4 N–H and O–H groups in total. The van der Waals surface area contributed by atoms with Crippen molar-refractivity contribution in [2.75, 3.05) is 10.6 Å². The zero-order valence-electron chi connectivity index (χ0n) is 14.8. The van der Waals surface area contributed by atoms with Crippen LogP contribution in [0.1, 0.15) is 62.2 Å².